The number of halogens is 2. The standard InChI is InChI=1S/C12H12Br2N2O2/c1-3-5-15-11(12(17)18-4-2)10-9(14)6-8(13)7-16-10/h1,6-7,11,15H,4-5H2,2H3. The molecule has 0 fully saturated rings. The van der Waals surface area contributed by atoms with Crippen LogP contribution in [-0.2, 0) is 9.53 Å². The first kappa shape index (κ1) is 15.2. The Kier molecular flexibility index (Phi) is 6.33. The Hall–Kier alpha value is -0.900. The summed E-state index contributed by atoms with van der Waals surface area (Å²) in [6.45, 7) is 2.31. The molecular weight excluding hydrogens is 364 g/mol. The van der Waals surface area contributed by atoms with E-state index in [-0.39, 0.29) is 6.54 Å². The van der Waals surface area contributed by atoms with Crippen LogP contribution in [0.3, 0.4) is 0 Å². The monoisotopic (exact) mass is 374 g/mol. The van der Waals surface area contributed by atoms with Crippen molar-refractivity contribution in [2.45, 2.75) is 13.0 Å². The molecule has 0 aliphatic heterocycles. The second kappa shape index (κ2) is 7.52. The van der Waals surface area contributed by atoms with E-state index in [4.69, 9.17) is 11.2 Å². The van der Waals surface area contributed by atoms with Gasteiger partial charge in [0.15, 0.2) is 6.04 Å². The molecule has 1 N–H and O–H groups in total. The topological polar surface area (TPSA) is 51.2 Å². The Morgan fingerprint density at radius 2 is 2.39 bits per heavy atom. The second-order valence-electron chi connectivity index (χ2n) is 3.29. The van der Waals surface area contributed by atoms with Crippen molar-refractivity contribution in [3.05, 3.63) is 26.9 Å². The molecule has 1 aromatic heterocycles. The van der Waals surface area contributed by atoms with Crippen LogP contribution < -0.4 is 5.32 Å². The number of terminal acetylenes is 1. The largest absolute Gasteiger partial charge is 0.465 e. The van der Waals surface area contributed by atoms with Gasteiger partial charge in [0, 0.05) is 15.1 Å². The maximum absolute atomic E-state index is 11.9. The van der Waals surface area contributed by atoms with Gasteiger partial charge < -0.3 is 4.74 Å². The van der Waals surface area contributed by atoms with Crippen LogP contribution in [0.2, 0.25) is 0 Å². The van der Waals surface area contributed by atoms with Crippen LogP contribution in [0, 0.1) is 12.3 Å². The molecular formula is C12H12Br2N2O2. The molecule has 0 amide bonds. The summed E-state index contributed by atoms with van der Waals surface area (Å²) < 4.78 is 6.52. The van der Waals surface area contributed by atoms with Gasteiger partial charge in [-0.15, -0.1) is 6.42 Å². The molecule has 1 unspecified atom stereocenters. The first-order chi connectivity index (χ1) is 8.60. The number of rotatable bonds is 5. The summed E-state index contributed by atoms with van der Waals surface area (Å²) in [6.07, 6.45) is 6.80. The molecule has 1 heterocycles. The van der Waals surface area contributed by atoms with Gasteiger partial charge in [-0.2, -0.15) is 0 Å². The molecule has 0 bridgehead atoms. The fourth-order valence-electron chi connectivity index (χ4n) is 1.32. The smallest absolute Gasteiger partial charge is 0.329 e. The number of carbonyl (C=O) groups is 1. The van der Waals surface area contributed by atoms with Crippen molar-refractivity contribution in [3.63, 3.8) is 0 Å². The molecule has 0 aliphatic carbocycles. The van der Waals surface area contributed by atoms with Gasteiger partial charge in [-0.1, -0.05) is 5.92 Å². The summed E-state index contributed by atoms with van der Waals surface area (Å²) in [6, 6.07) is 1.13. The van der Waals surface area contributed by atoms with E-state index in [2.05, 4.69) is 48.1 Å². The minimum Gasteiger partial charge on any atom is -0.465 e. The second-order valence-corrected chi connectivity index (χ2v) is 5.06. The Morgan fingerprint density at radius 1 is 1.67 bits per heavy atom. The van der Waals surface area contributed by atoms with Gasteiger partial charge in [0.1, 0.15) is 0 Å². The molecule has 0 saturated heterocycles. The lowest BCUT2D eigenvalue weighted by Crippen LogP contribution is -2.31. The molecule has 0 aromatic carbocycles. The average molecular weight is 376 g/mol. The lowest BCUT2D eigenvalue weighted by Gasteiger charge is -2.16. The third-order valence-electron chi connectivity index (χ3n) is 2.04. The van der Waals surface area contributed by atoms with Crippen LogP contribution in [0.15, 0.2) is 21.2 Å². The van der Waals surface area contributed by atoms with Crippen molar-refractivity contribution in [2.75, 3.05) is 13.2 Å². The number of carbonyl (C=O) groups excluding carboxylic acids is 1. The predicted octanol–water partition coefficient (Wildman–Crippen LogP) is 2.43. The molecule has 1 rings (SSSR count). The van der Waals surface area contributed by atoms with E-state index < -0.39 is 12.0 Å². The van der Waals surface area contributed by atoms with Gasteiger partial charge in [0.2, 0.25) is 0 Å². The number of hydrogen-bond donors (Lipinski definition) is 1. The zero-order valence-corrected chi connectivity index (χ0v) is 12.9. The van der Waals surface area contributed by atoms with Crippen molar-refractivity contribution < 1.29 is 9.53 Å². The maximum atomic E-state index is 11.9. The number of nitrogens with one attached hydrogen (secondary N) is 1. The van der Waals surface area contributed by atoms with E-state index in [9.17, 15) is 4.79 Å². The summed E-state index contributed by atoms with van der Waals surface area (Å²) >= 11 is 6.67. The minimum absolute atomic E-state index is 0.258. The molecule has 96 valence electrons. The number of esters is 1. The summed E-state index contributed by atoms with van der Waals surface area (Å²) in [5.74, 6) is 2.02. The number of hydrogen-bond acceptors (Lipinski definition) is 4. The van der Waals surface area contributed by atoms with E-state index in [0.717, 1.165) is 4.47 Å². The SMILES string of the molecule is C#CCNC(C(=O)OCC)c1ncc(Br)cc1Br. The van der Waals surface area contributed by atoms with Crippen molar-refractivity contribution >= 4 is 37.8 Å². The predicted molar refractivity (Wildman–Crippen MR) is 75.8 cm³/mol. The maximum Gasteiger partial charge on any atom is 0.329 e. The number of aromatic nitrogens is 1. The molecule has 0 aliphatic rings. The van der Waals surface area contributed by atoms with Gasteiger partial charge in [-0.3, -0.25) is 10.3 Å². The van der Waals surface area contributed by atoms with Gasteiger partial charge in [0.05, 0.1) is 18.8 Å². The van der Waals surface area contributed by atoms with E-state index in [0.29, 0.717) is 16.8 Å². The van der Waals surface area contributed by atoms with Gasteiger partial charge >= 0.3 is 5.97 Å². The molecule has 18 heavy (non-hydrogen) atoms. The fraction of sp³-hybridized carbons (Fsp3) is 0.333. The van der Waals surface area contributed by atoms with Crippen LogP contribution in [0.4, 0.5) is 0 Å². The Labute approximate surface area is 123 Å². The van der Waals surface area contributed by atoms with E-state index in [1.807, 2.05) is 6.07 Å². The first-order valence-electron chi connectivity index (χ1n) is 5.24. The third kappa shape index (κ3) is 4.09. The number of pyridine rings is 1. The molecule has 1 aromatic rings. The van der Waals surface area contributed by atoms with Crippen LogP contribution in [0.25, 0.3) is 0 Å². The highest BCUT2D eigenvalue weighted by molar-refractivity contribution is 9.11. The number of ether oxygens (including phenoxy) is 1. The normalized spacial score (nSPS) is 11.7. The highest BCUT2D eigenvalue weighted by Gasteiger charge is 2.24. The van der Waals surface area contributed by atoms with Crippen LogP contribution in [0.5, 0.6) is 0 Å². The van der Waals surface area contributed by atoms with Crippen LogP contribution >= 0.6 is 31.9 Å². The van der Waals surface area contributed by atoms with Crippen LogP contribution in [0.1, 0.15) is 18.7 Å². The van der Waals surface area contributed by atoms with Gasteiger partial charge in [0.25, 0.3) is 0 Å². The minimum atomic E-state index is -0.677. The zero-order valence-electron chi connectivity index (χ0n) is 9.74. The molecule has 0 saturated carbocycles. The quantitative estimate of drug-likeness (QED) is 0.634. The van der Waals surface area contributed by atoms with Crippen LogP contribution in [-0.4, -0.2) is 24.1 Å². The Balaban J connectivity index is 3.01. The van der Waals surface area contributed by atoms with E-state index >= 15 is 0 Å². The first-order valence-corrected chi connectivity index (χ1v) is 6.83. The summed E-state index contributed by atoms with van der Waals surface area (Å²) in [4.78, 5) is 16.1. The fourth-order valence-corrected chi connectivity index (χ4v) is 2.53. The van der Waals surface area contributed by atoms with Crippen molar-refractivity contribution in [2.24, 2.45) is 0 Å². The lowest BCUT2D eigenvalue weighted by molar-refractivity contribution is -0.145. The summed E-state index contributed by atoms with van der Waals surface area (Å²) in [5.41, 5.74) is 0.548. The lowest BCUT2D eigenvalue weighted by atomic mass is 10.2. The Morgan fingerprint density at radius 3 is 2.94 bits per heavy atom. The van der Waals surface area contributed by atoms with Crippen molar-refractivity contribution in [1.82, 2.24) is 10.3 Å². The summed E-state index contributed by atoms with van der Waals surface area (Å²) in [5, 5.41) is 2.91. The van der Waals surface area contributed by atoms with Crippen molar-refractivity contribution in [1.29, 1.82) is 0 Å². The van der Waals surface area contributed by atoms with Gasteiger partial charge in [-0.05, 0) is 44.8 Å². The van der Waals surface area contributed by atoms with E-state index in [1.165, 1.54) is 0 Å². The molecule has 0 spiro atoms. The molecule has 6 heteroatoms. The molecule has 4 nitrogen and oxygen atoms in total. The average Bonchev–Trinajstić information content (AvgIpc) is 2.32. The third-order valence-corrected chi connectivity index (χ3v) is 3.11. The molecule has 0 radical (unpaired) electrons. The summed E-state index contributed by atoms with van der Waals surface area (Å²) in [7, 11) is 0. The highest BCUT2D eigenvalue weighted by atomic mass is 79.9. The number of nitrogens with zero attached hydrogens (tertiary/aromatic N) is 1. The highest BCUT2D eigenvalue weighted by Crippen LogP contribution is 2.25. The van der Waals surface area contributed by atoms with Gasteiger partial charge in [-0.25, -0.2) is 4.79 Å². The molecule has 1 atom stereocenters. The van der Waals surface area contributed by atoms with E-state index in [1.54, 1.807) is 13.1 Å². The Bertz CT molecular complexity index is 472. The van der Waals surface area contributed by atoms with Crippen molar-refractivity contribution in [3.8, 4) is 12.3 Å². The zero-order chi connectivity index (χ0) is 13.5.